The van der Waals surface area contributed by atoms with Crippen LogP contribution in [0.15, 0.2) is 115 Å². The number of ether oxygens (including phenoxy) is 4. The summed E-state index contributed by atoms with van der Waals surface area (Å²) in [7, 11) is 0. The van der Waals surface area contributed by atoms with E-state index in [2.05, 4.69) is 13.2 Å². The topological polar surface area (TPSA) is 105 Å². The maximum absolute atomic E-state index is 13.0. The Kier molecular flexibility index (Phi) is 10.7. The highest BCUT2D eigenvalue weighted by molar-refractivity contribution is 5.98. The van der Waals surface area contributed by atoms with Crippen LogP contribution in [0.4, 0.5) is 0 Å². The average Bonchev–Trinajstić information content (AvgIpc) is 3.08. The molecule has 0 aromatic heterocycles. The third-order valence-electron chi connectivity index (χ3n) is 7.79. The Bertz CT molecular complexity index is 2120. The van der Waals surface area contributed by atoms with Gasteiger partial charge in [0.25, 0.3) is 0 Å². The van der Waals surface area contributed by atoms with E-state index in [0.717, 1.165) is 32.7 Å². The lowest BCUT2D eigenvalue weighted by molar-refractivity contribution is -0.139. The van der Waals surface area contributed by atoms with Gasteiger partial charge in [-0.2, -0.15) is 0 Å². The molecule has 0 atom stereocenters. The molecule has 5 aromatic carbocycles. The first-order valence-electron chi connectivity index (χ1n) is 15.7. The first-order chi connectivity index (χ1) is 23.5. The first kappa shape index (κ1) is 34.3. The molecule has 0 aliphatic rings. The smallest absolute Gasteiger partial charge is 0.343 e. The molecule has 0 bridgehead atoms. The van der Waals surface area contributed by atoms with Gasteiger partial charge in [-0.05, 0) is 101 Å². The average molecular weight is 657 g/mol. The molecule has 0 aliphatic carbocycles. The van der Waals surface area contributed by atoms with Crippen molar-refractivity contribution >= 4 is 45.4 Å². The number of hydrogen-bond donors (Lipinski definition) is 0. The SMILES string of the molecule is C=C(C)C(=O)OCCc1ccc2cc(C(=O)Oc3ccc(OC(=O)c4ccc5cc(CCOC(=O)C(=C)C)ccc5c4)c(C)c3)ccc2c1. The van der Waals surface area contributed by atoms with Crippen LogP contribution < -0.4 is 9.47 Å². The molecule has 8 heteroatoms. The van der Waals surface area contributed by atoms with Crippen molar-refractivity contribution < 1.29 is 38.1 Å². The van der Waals surface area contributed by atoms with Crippen molar-refractivity contribution in [2.45, 2.75) is 33.6 Å². The molecule has 0 N–H and O–H groups in total. The van der Waals surface area contributed by atoms with Gasteiger partial charge in [0.15, 0.2) is 0 Å². The Labute approximate surface area is 284 Å². The molecule has 5 rings (SSSR count). The van der Waals surface area contributed by atoms with E-state index >= 15 is 0 Å². The summed E-state index contributed by atoms with van der Waals surface area (Å²) >= 11 is 0. The summed E-state index contributed by atoms with van der Waals surface area (Å²) in [6, 6.07) is 27.1. The third-order valence-corrected chi connectivity index (χ3v) is 7.79. The molecule has 0 spiro atoms. The fourth-order valence-corrected chi connectivity index (χ4v) is 5.05. The maximum atomic E-state index is 13.0. The van der Waals surface area contributed by atoms with Gasteiger partial charge in [-0.1, -0.05) is 61.7 Å². The molecule has 0 aliphatic heterocycles. The maximum Gasteiger partial charge on any atom is 0.343 e. The van der Waals surface area contributed by atoms with E-state index in [9.17, 15) is 19.2 Å². The van der Waals surface area contributed by atoms with Crippen molar-refractivity contribution in [1.82, 2.24) is 0 Å². The molecule has 49 heavy (non-hydrogen) atoms. The normalized spacial score (nSPS) is 10.8. The Morgan fingerprint density at radius 2 is 1.00 bits per heavy atom. The Hall–Kier alpha value is -6.02. The van der Waals surface area contributed by atoms with Crippen LogP contribution in [0.5, 0.6) is 11.5 Å². The minimum Gasteiger partial charge on any atom is -0.462 e. The number of rotatable bonds is 12. The molecule has 0 saturated heterocycles. The van der Waals surface area contributed by atoms with E-state index in [1.165, 1.54) is 0 Å². The Balaban J connectivity index is 1.18. The van der Waals surface area contributed by atoms with Crippen LogP contribution >= 0.6 is 0 Å². The highest BCUT2D eigenvalue weighted by Gasteiger charge is 2.15. The van der Waals surface area contributed by atoms with Crippen molar-refractivity contribution in [3.05, 3.63) is 143 Å². The summed E-state index contributed by atoms with van der Waals surface area (Å²) in [5.74, 6) is -1.19. The zero-order valence-corrected chi connectivity index (χ0v) is 27.7. The predicted molar refractivity (Wildman–Crippen MR) is 188 cm³/mol. The minimum atomic E-state index is -0.519. The second-order valence-corrected chi connectivity index (χ2v) is 11.8. The second-order valence-electron chi connectivity index (χ2n) is 11.8. The van der Waals surface area contributed by atoms with Gasteiger partial charge in [0.2, 0.25) is 0 Å². The zero-order valence-electron chi connectivity index (χ0n) is 27.7. The van der Waals surface area contributed by atoms with Crippen molar-refractivity contribution in [1.29, 1.82) is 0 Å². The third kappa shape index (κ3) is 8.87. The van der Waals surface area contributed by atoms with Crippen LogP contribution in [-0.2, 0) is 31.9 Å². The van der Waals surface area contributed by atoms with Crippen LogP contribution in [0.1, 0.15) is 51.3 Å². The van der Waals surface area contributed by atoms with E-state index in [1.807, 2.05) is 48.5 Å². The van der Waals surface area contributed by atoms with Crippen LogP contribution in [0.25, 0.3) is 21.5 Å². The summed E-state index contributed by atoms with van der Waals surface area (Å²) in [5, 5.41) is 3.62. The highest BCUT2D eigenvalue weighted by atomic mass is 16.5. The van der Waals surface area contributed by atoms with E-state index in [-0.39, 0.29) is 13.2 Å². The van der Waals surface area contributed by atoms with Gasteiger partial charge in [0.1, 0.15) is 11.5 Å². The van der Waals surface area contributed by atoms with Crippen LogP contribution in [0.3, 0.4) is 0 Å². The van der Waals surface area contributed by atoms with Gasteiger partial charge >= 0.3 is 23.9 Å². The van der Waals surface area contributed by atoms with Gasteiger partial charge in [0, 0.05) is 24.0 Å². The summed E-state index contributed by atoms with van der Waals surface area (Å²) in [6.45, 7) is 12.6. The summed E-state index contributed by atoms with van der Waals surface area (Å²) < 4.78 is 21.7. The number of fused-ring (bicyclic) bond motifs is 2. The standard InChI is InChI=1S/C41H36O8/c1-25(2)38(42)46-18-16-28-6-8-32-23-34(12-10-30(32)21-28)40(44)48-36-14-15-37(27(5)20-36)49-41(45)35-13-11-31-22-29(7-9-33(31)24-35)17-19-47-39(43)26(3)4/h6-15,20-24H,1,3,16-19H2,2,4-5H3. The van der Waals surface area contributed by atoms with Crippen LogP contribution in [0, 0.1) is 6.92 Å². The number of esters is 4. The second kappa shape index (κ2) is 15.3. The minimum absolute atomic E-state index is 0.253. The monoisotopic (exact) mass is 656 g/mol. The quantitative estimate of drug-likeness (QED) is 0.0755. The molecule has 0 unspecified atom stereocenters. The molecule has 8 nitrogen and oxygen atoms in total. The molecule has 5 aromatic rings. The molecule has 0 fully saturated rings. The van der Waals surface area contributed by atoms with Crippen LogP contribution in [0.2, 0.25) is 0 Å². The lowest BCUT2D eigenvalue weighted by atomic mass is 10.0. The van der Waals surface area contributed by atoms with Crippen molar-refractivity contribution in [3.8, 4) is 11.5 Å². The lowest BCUT2D eigenvalue weighted by Crippen LogP contribution is -2.10. The van der Waals surface area contributed by atoms with Gasteiger partial charge in [-0.15, -0.1) is 0 Å². The molecule has 0 radical (unpaired) electrons. The molecule has 0 heterocycles. The van der Waals surface area contributed by atoms with Gasteiger partial charge in [-0.3, -0.25) is 0 Å². The fourth-order valence-electron chi connectivity index (χ4n) is 5.05. The zero-order chi connectivity index (χ0) is 35.1. The number of aryl methyl sites for hydroxylation is 1. The fraction of sp³-hybridized carbons (Fsp3) is 0.171. The highest BCUT2D eigenvalue weighted by Crippen LogP contribution is 2.27. The van der Waals surface area contributed by atoms with Gasteiger partial charge < -0.3 is 18.9 Å². The van der Waals surface area contributed by atoms with Crippen molar-refractivity contribution in [2.24, 2.45) is 0 Å². The Morgan fingerprint density at radius 1 is 0.551 bits per heavy atom. The Morgan fingerprint density at radius 3 is 1.47 bits per heavy atom. The predicted octanol–water partition coefficient (Wildman–Crippen LogP) is 8.06. The number of carbonyl (C=O) groups is 4. The summed E-state index contributed by atoms with van der Waals surface area (Å²) in [6.07, 6.45) is 1.12. The largest absolute Gasteiger partial charge is 0.462 e. The van der Waals surface area contributed by atoms with Gasteiger partial charge in [0.05, 0.1) is 24.3 Å². The molecule has 248 valence electrons. The number of hydrogen-bond acceptors (Lipinski definition) is 8. The molecule has 0 amide bonds. The van der Waals surface area contributed by atoms with Crippen LogP contribution in [-0.4, -0.2) is 37.1 Å². The molecular weight excluding hydrogens is 620 g/mol. The summed E-state index contributed by atoms with van der Waals surface area (Å²) in [5.41, 5.74) is 4.12. The molecular formula is C41H36O8. The van der Waals surface area contributed by atoms with E-state index in [1.54, 1.807) is 63.2 Å². The summed E-state index contributed by atoms with van der Waals surface area (Å²) in [4.78, 5) is 49.2. The first-order valence-corrected chi connectivity index (χ1v) is 15.7. The van der Waals surface area contributed by atoms with E-state index in [0.29, 0.717) is 52.2 Å². The number of carbonyl (C=O) groups excluding carboxylic acids is 4. The molecule has 0 saturated carbocycles. The van der Waals surface area contributed by atoms with E-state index in [4.69, 9.17) is 18.9 Å². The van der Waals surface area contributed by atoms with Crippen molar-refractivity contribution in [3.63, 3.8) is 0 Å². The van der Waals surface area contributed by atoms with Crippen molar-refractivity contribution in [2.75, 3.05) is 13.2 Å². The number of benzene rings is 5. The van der Waals surface area contributed by atoms with Gasteiger partial charge in [-0.25, -0.2) is 19.2 Å². The van der Waals surface area contributed by atoms with E-state index < -0.39 is 23.9 Å². The lowest BCUT2D eigenvalue weighted by Gasteiger charge is -2.11.